The summed E-state index contributed by atoms with van der Waals surface area (Å²) in [6.45, 7) is 1.07. The van der Waals surface area contributed by atoms with Crippen molar-refractivity contribution in [2.75, 3.05) is 24.3 Å². The number of hydrogen-bond donors (Lipinski definition) is 3. The number of aromatic nitrogens is 2. The van der Waals surface area contributed by atoms with Gasteiger partial charge in [-0.05, 0) is 30.3 Å². The molecule has 24 heavy (non-hydrogen) atoms. The zero-order valence-corrected chi connectivity index (χ0v) is 12.9. The predicted octanol–water partition coefficient (Wildman–Crippen LogP) is 1.41. The second-order valence-corrected chi connectivity index (χ2v) is 5.40. The molecular weight excluding hydrogens is 312 g/mol. The lowest BCUT2D eigenvalue weighted by molar-refractivity contribution is 0.0147. The van der Waals surface area contributed by atoms with Gasteiger partial charge in [0.15, 0.2) is 0 Å². The SMILES string of the molecule is Nc1nccc(N[C@@H]2COCC[C@H]2Oc2ccc(C(=O)O)cc2)n1. The standard InChI is InChI=1S/C16H18N4O4/c17-16-18-7-5-14(20-16)19-12-9-23-8-6-13(12)24-11-3-1-10(2-4-11)15(21)22/h1-5,7,12-13H,6,8-9H2,(H,21,22)(H3,17,18,19,20)/t12-,13-/m1/s1. The Kier molecular flexibility index (Phi) is 4.76. The number of nitrogens with two attached hydrogens (primary N) is 1. The van der Waals surface area contributed by atoms with Crippen molar-refractivity contribution in [3.63, 3.8) is 0 Å². The number of benzene rings is 1. The highest BCUT2D eigenvalue weighted by Gasteiger charge is 2.28. The molecule has 4 N–H and O–H groups in total. The lowest BCUT2D eigenvalue weighted by Crippen LogP contribution is -2.45. The second kappa shape index (κ2) is 7.14. The maximum absolute atomic E-state index is 10.9. The van der Waals surface area contributed by atoms with Crippen LogP contribution in [0.1, 0.15) is 16.8 Å². The second-order valence-electron chi connectivity index (χ2n) is 5.40. The van der Waals surface area contributed by atoms with Crippen LogP contribution in [0, 0.1) is 0 Å². The highest BCUT2D eigenvalue weighted by molar-refractivity contribution is 5.87. The van der Waals surface area contributed by atoms with Gasteiger partial charge in [-0.15, -0.1) is 0 Å². The van der Waals surface area contributed by atoms with E-state index in [0.717, 1.165) is 0 Å². The molecule has 8 heteroatoms. The van der Waals surface area contributed by atoms with Crippen molar-refractivity contribution in [2.45, 2.75) is 18.6 Å². The molecule has 3 rings (SSSR count). The summed E-state index contributed by atoms with van der Waals surface area (Å²) in [5, 5.41) is 12.2. The Morgan fingerprint density at radius 3 is 2.83 bits per heavy atom. The quantitative estimate of drug-likeness (QED) is 0.752. The van der Waals surface area contributed by atoms with Crippen LogP contribution in [0.5, 0.6) is 5.75 Å². The van der Waals surface area contributed by atoms with Gasteiger partial charge in [-0.2, -0.15) is 4.98 Å². The molecule has 1 aromatic carbocycles. The Bertz CT molecular complexity index is 707. The number of carboxylic acids is 1. The summed E-state index contributed by atoms with van der Waals surface area (Å²) < 4.78 is 11.5. The summed E-state index contributed by atoms with van der Waals surface area (Å²) in [6.07, 6.45) is 2.15. The molecule has 1 saturated heterocycles. The van der Waals surface area contributed by atoms with Crippen molar-refractivity contribution in [2.24, 2.45) is 0 Å². The van der Waals surface area contributed by atoms with Crippen molar-refractivity contribution in [1.82, 2.24) is 9.97 Å². The van der Waals surface area contributed by atoms with E-state index < -0.39 is 5.97 Å². The van der Waals surface area contributed by atoms with Crippen LogP contribution < -0.4 is 15.8 Å². The summed E-state index contributed by atoms with van der Waals surface area (Å²) in [6, 6.07) is 7.96. The van der Waals surface area contributed by atoms with E-state index in [0.29, 0.717) is 31.2 Å². The highest BCUT2D eigenvalue weighted by atomic mass is 16.5. The van der Waals surface area contributed by atoms with E-state index >= 15 is 0 Å². The van der Waals surface area contributed by atoms with Crippen LogP contribution in [0.3, 0.4) is 0 Å². The molecule has 2 atom stereocenters. The minimum Gasteiger partial charge on any atom is -0.488 e. The third kappa shape index (κ3) is 3.90. The summed E-state index contributed by atoms with van der Waals surface area (Å²) in [5.74, 6) is 0.445. The van der Waals surface area contributed by atoms with E-state index in [1.807, 2.05) is 0 Å². The summed E-state index contributed by atoms with van der Waals surface area (Å²) in [5.41, 5.74) is 5.81. The van der Waals surface area contributed by atoms with Crippen molar-refractivity contribution < 1.29 is 19.4 Å². The van der Waals surface area contributed by atoms with E-state index in [1.54, 1.807) is 24.4 Å². The molecule has 1 aliphatic rings. The first-order valence-corrected chi connectivity index (χ1v) is 7.54. The van der Waals surface area contributed by atoms with Crippen LogP contribution in [0.15, 0.2) is 36.5 Å². The van der Waals surface area contributed by atoms with E-state index in [9.17, 15) is 4.79 Å². The Morgan fingerprint density at radius 2 is 2.12 bits per heavy atom. The van der Waals surface area contributed by atoms with Crippen LogP contribution in [-0.2, 0) is 4.74 Å². The largest absolute Gasteiger partial charge is 0.488 e. The van der Waals surface area contributed by atoms with Gasteiger partial charge in [0.1, 0.15) is 17.7 Å². The molecule has 0 unspecified atom stereocenters. The molecule has 1 fully saturated rings. The smallest absolute Gasteiger partial charge is 0.335 e. The first-order valence-electron chi connectivity index (χ1n) is 7.54. The Hall–Kier alpha value is -2.87. The number of nitrogen functional groups attached to an aromatic ring is 1. The van der Waals surface area contributed by atoms with Gasteiger partial charge in [0.25, 0.3) is 0 Å². The number of anilines is 2. The maximum Gasteiger partial charge on any atom is 0.335 e. The molecule has 0 radical (unpaired) electrons. The fraction of sp³-hybridized carbons (Fsp3) is 0.312. The fourth-order valence-electron chi connectivity index (χ4n) is 2.49. The highest BCUT2D eigenvalue weighted by Crippen LogP contribution is 2.21. The maximum atomic E-state index is 10.9. The minimum absolute atomic E-state index is 0.104. The van der Waals surface area contributed by atoms with Crippen molar-refractivity contribution in [1.29, 1.82) is 0 Å². The number of carbonyl (C=O) groups is 1. The number of hydrogen-bond acceptors (Lipinski definition) is 7. The average Bonchev–Trinajstić information content (AvgIpc) is 2.57. The van der Waals surface area contributed by atoms with E-state index in [4.69, 9.17) is 20.3 Å². The van der Waals surface area contributed by atoms with Gasteiger partial charge in [0.2, 0.25) is 5.95 Å². The monoisotopic (exact) mass is 330 g/mol. The molecule has 0 bridgehead atoms. The number of nitrogens with one attached hydrogen (secondary N) is 1. The first-order chi connectivity index (χ1) is 11.6. The van der Waals surface area contributed by atoms with Gasteiger partial charge < -0.3 is 25.6 Å². The molecule has 0 saturated carbocycles. The Labute approximate surface area is 138 Å². The Morgan fingerprint density at radius 1 is 1.33 bits per heavy atom. The molecule has 2 aromatic rings. The van der Waals surface area contributed by atoms with Crippen molar-refractivity contribution in [3.8, 4) is 5.75 Å². The Balaban J connectivity index is 1.69. The van der Waals surface area contributed by atoms with Gasteiger partial charge in [-0.25, -0.2) is 9.78 Å². The zero-order valence-electron chi connectivity index (χ0n) is 12.9. The van der Waals surface area contributed by atoms with Crippen molar-refractivity contribution >= 4 is 17.7 Å². The molecule has 126 valence electrons. The van der Waals surface area contributed by atoms with E-state index in [2.05, 4.69) is 15.3 Å². The molecule has 8 nitrogen and oxygen atoms in total. The van der Waals surface area contributed by atoms with Gasteiger partial charge in [-0.1, -0.05) is 0 Å². The molecule has 0 spiro atoms. The third-order valence-corrected chi connectivity index (χ3v) is 3.69. The van der Waals surface area contributed by atoms with Crippen LogP contribution in [0.4, 0.5) is 11.8 Å². The number of rotatable bonds is 5. The summed E-state index contributed by atoms with van der Waals surface area (Å²) in [7, 11) is 0. The average molecular weight is 330 g/mol. The number of nitrogens with zero attached hydrogens (tertiary/aromatic N) is 2. The fourth-order valence-corrected chi connectivity index (χ4v) is 2.49. The predicted molar refractivity (Wildman–Crippen MR) is 87.1 cm³/mol. The minimum atomic E-state index is -0.964. The van der Waals surface area contributed by atoms with Crippen LogP contribution in [-0.4, -0.2) is 46.4 Å². The van der Waals surface area contributed by atoms with Gasteiger partial charge >= 0.3 is 5.97 Å². The van der Waals surface area contributed by atoms with Gasteiger partial charge in [0, 0.05) is 12.6 Å². The summed E-state index contributed by atoms with van der Waals surface area (Å²) in [4.78, 5) is 18.9. The third-order valence-electron chi connectivity index (χ3n) is 3.69. The zero-order chi connectivity index (χ0) is 16.9. The van der Waals surface area contributed by atoms with Crippen LogP contribution in [0.25, 0.3) is 0 Å². The topological polar surface area (TPSA) is 120 Å². The van der Waals surface area contributed by atoms with E-state index in [1.165, 1.54) is 12.1 Å². The lowest BCUT2D eigenvalue weighted by Gasteiger charge is -2.32. The molecule has 0 amide bonds. The van der Waals surface area contributed by atoms with E-state index in [-0.39, 0.29) is 23.7 Å². The number of ether oxygens (including phenoxy) is 2. The normalized spacial score (nSPS) is 20.3. The molecule has 1 aromatic heterocycles. The van der Waals surface area contributed by atoms with Crippen LogP contribution >= 0.6 is 0 Å². The summed E-state index contributed by atoms with van der Waals surface area (Å²) >= 11 is 0. The van der Waals surface area contributed by atoms with Gasteiger partial charge in [0.05, 0.1) is 24.8 Å². The van der Waals surface area contributed by atoms with Crippen LogP contribution in [0.2, 0.25) is 0 Å². The molecule has 0 aliphatic carbocycles. The van der Waals surface area contributed by atoms with Crippen molar-refractivity contribution in [3.05, 3.63) is 42.1 Å². The number of carboxylic acid groups (broad SMARTS) is 1. The lowest BCUT2D eigenvalue weighted by atomic mass is 10.1. The molecule has 1 aliphatic heterocycles. The van der Waals surface area contributed by atoms with Gasteiger partial charge in [-0.3, -0.25) is 0 Å². The number of aromatic carboxylic acids is 1. The first kappa shape index (κ1) is 16.0. The molecule has 2 heterocycles. The molecular formula is C16H18N4O4.